The van der Waals surface area contributed by atoms with Crippen molar-refractivity contribution in [2.75, 3.05) is 26.3 Å². The first-order chi connectivity index (χ1) is 13.2. The zero-order chi connectivity index (χ0) is 18.6. The van der Waals surface area contributed by atoms with E-state index in [2.05, 4.69) is 20.4 Å². The number of halogens is 1. The van der Waals surface area contributed by atoms with Gasteiger partial charge in [0.25, 0.3) is 0 Å². The fraction of sp³-hybridized carbons (Fsp3) is 0.850. The van der Waals surface area contributed by atoms with Crippen LogP contribution in [0.3, 0.4) is 0 Å². The Morgan fingerprint density at radius 1 is 1.11 bits per heavy atom. The highest BCUT2D eigenvalue weighted by Crippen LogP contribution is 2.31. The molecule has 0 bridgehead atoms. The van der Waals surface area contributed by atoms with Gasteiger partial charge < -0.3 is 19.5 Å². The van der Waals surface area contributed by atoms with E-state index >= 15 is 0 Å². The molecule has 1 N–H and O–H groups in total. The average molecular weight is 502 g/mol. The van der Waals surface area contributed by atoms with Crippen molar-refractivity contribution in [1.82, 2.24) is 25.0 Å². The van der Waals surface area contributed by atoms with Crippen LogP contribution >= 0.6 is 24.0 Å². The second kappa shape index (κ2) is 10.2. The van der Waals surface area contributed by atoms with Gasteiger partial charge in [0, 0.05) is 39.4 Å². The van der Waals surface area contributed by atoms with Gasteiger partial charge in [0.1, 0.15) is 12.4 Å². The van der Waals surface area contributed by atoms with Gasteiger partial charge in [-0.1, -0.05) is 12.8 Å². The summed E-state index contributed by atoms with van der Waals surface area (Å²) in [7, 11) is 2.02. The van der Waals surface area contributed by atoms with Gasteiger partial charge in [-0.2, -0.15) is 0 Å². The first-order valence-corrected chi connectivity index (χ1v) is 10.7. The lowest BCUT2D eigenvalue weighted by Crippen LogP contribution is -2.44. The van der Waals surface area contributed by atoms with Crippen molar-refractivity contribution in [2.24, 2.45) is 23.9 Å². The maximum atomic E-state index is 5.56. The van der Waals surface area contributed by atoms with Crippen LogP contribution in [-0.4, -0.2) is 58.0 Å². The number of rotatable bonds is 4. The Labute approximate surface area is 185 Å². The number of nitrogens with zero attached hydrogens (tertiary/aromatic N) is 5. The summed E-state index contributed by atoms with van der Waals surface area (Å²) in [5, 5.41) is 12.2. The van der Waals surface area contributed by atoms with Crippen molar-refractivity contribution in [1.29, 1.82) is 0 Å². The highest BCUT2D eigenvalue weighted by Gasteiger charge is 2.32. The summed E-state index contributed by atoms with van der Waals surface area (Å²) >= 11 is 0. The Bertz CT molecular complexity index is 651. The van der Waals surface area contributed by atoms with E-state index in [0.29, 0.717) is 12.6 Å². The quantitative estimate of drug-likeness (QED) is 0.390. The number of hydrogen-bond donors (Lipinski definition) is 1. The van der Waals surface area contributed by atoms with Crippen molar-refractivity contribution >= 4 is 29.9 Å². The Morgan fingerprint density at radius 3 is 2.54 bits per heavy atom. The van der Waals surface area contributed by atoms with Crippen molar-refractivity contribution in [3.63, 3.8) is 0 Å². The Kier molecular flexibility index (Phi) is 7.96. The van der Waals surface area contributed by atoms with E-state index in [-0.39, 0.29) is 24.0 Å². The topological polar surface area (TPSA) is 67.6 Å². The van der Waals surface area contributed by atoms with Gasteiger partial charge in [-0.05, 0) is 50.9 Å². The molecule has 1 aromatic heterocycles. The molecule has 1 aromatic rings. The number of ether oxygens (including phenoxy) is 1. The number of hydrogen-bond acceptors (Lipinski definition) is 4. The number of aromatic nitrogens is 3. The molecule has 7 nitrogen and oxygen atoms in total. The van der Waals surface area contributed by atoms with Gasteiger partial charge in [-0.15, -0.1) is 34.2 Å². The Morgan fingerprint density at radius 2 is 1.86 bits per heavy atom. The minimum atomic E-state index is 0. The second-order valence-electron chi connectivity index (χ2n) is 8.43. The van der Waals surface area contributed by atoms with E-state index < -0.39 is 0 Å². The standard InChI is InChI=1S/C20H34N6O.HI/c1-15-23-24-19(25(15)2)13-21-20(22-18-5-3-4-6-18)26-10-7-17(14-26)16-8-11-27-12-9-16;/h16-18H,3-14H2,1-2H3,(H,21,22);1H. The first kappa shape index (κ1) is 21.8. The highest BCUT2D eigenvalue weighted by atomic mass is 127. The van der Waals surface area contributed by atoms with E-state index in [1.807, 2.05) is 18.5 Å². The summed E-state index contributed by atoms with van der Waals surface area (Å²) in [6, 6.07) is 0.576. The van der Waals surface area contributed by atoms with E-state index in [1.165, 1.54) is 44.9 Å². The van der Waals surface area contributed by atoms with Crippen LogP contribution in [-0.2, 0) is 18.3 Å². The molecule has 1 saturated carbocycles. The maximum absolute atomic E-state index is 5.56. The molecule has 158 valence electrons. The molecule has 0 amide bonds. The van der Waals surface area contributed by atoms with E-state index in [9.17, 15) is 0 Å². The molecular weight excluding hydrogens is 467 g/mol. The molecule has 1 aliphatic carbocycles. The number of aryl methyl sites for hydroxylation is 1. The minimum Gasteiger partial charge on any atom is -0.381 e. The maximum Gasteiger partial charge on any atom is 0.194 e. The fourth-order valence-electron chi connectivity index (χ4n) is 4.78. The van der Waals surface area contributed by atoms with Crippen LogP contribution < -0.4 is 5.32 Å². The number of nitrogens with one attached hydrogen (secondary N) is 1. The van der Waals surface area contributed by atoms with E-state index in [0.717, 1.165) is 55.7 Å². The van der Waals surface area contributed by atoms with Crippen LogP contribution in [0.15, 0.2) is 4.99 Å². The first-order valence-electron chi connectivity index (χ1n) is 10.7. The van der Waals surface area contributed by atoms with Crippen molar-refractivity contribution in [2.45, 2.75) is 64.5 Å². The second-order valence-corrected chi connectivity index (χ2v) is 8.43. The lowest BCUT2D eigenvalue weighted by molar-refractivity contribution is 0.0488. The molecule has 8 heteroatoms. The SMILES string of the molecule is Cc1nnc(CN=C(NC2CCCC2)N2CCC(C3CCOCC3)C2)n1C.I. The van der Waals surface area contributed by atoms with Crippen LogP contribution in [0.2, 0.25) is 0 Å². The summed E-state index contributed by atoms with van der Waals surface area (Å²) in [5.74, 6) is 4.54. The lowest BCUT2D eigenvalue weighted by atomic mass is 9.85. The van der Waals surface area contributed by atoms with Crippen LogP contribution in [0.25, 0.3) is 0 Å². The lowest BCUT2D eigenvalue weighted by Gasteiger charge is -2.29. The summed E-state index contributed by atoms with van der Waals surface area (Å²) < 4.78 is 7.59. The number of likely N-dealkylation sites (tertiary alicyclic amines) is 1. The third-order valence-electron chi connectivity index (χ3n) is 6.70. The zero-order valence-electron chi connectivity index (χ0n) is 17.3. The molecule has 4 rings (SSSR count). The van der Waals surface area contributed by atoms with Gasteiger partial charge in [0.05, 0.1) is 0 Å². The predicted octanol–water partition coefficient (Wildman–Crippen LogP) is 2.88. The third-order valence-corrected chi connectivity index (χ3v) is 6.70. The number of aliphatic imine (C=N–C) groups is 1. The summed E-state index contributed by atoms with van der Waals surface area (Å²) in [5.41, 5.74) is 0. The van der Waals surface area contributed by atoms with Gasteiger partial charge >= 0.3 is 0 Å². The fourth-order valence-corrected chi connectivity index (χ4v) is 4.78. The average Bonchev–Trinajstić information content (AvgIpc) is 3.44. The van der Waals surface area contributed by atoms with Gasteiger partial charge in [0.2, 0.25) is 0 Å². The summed E-state index contributed by atoms with van der Waals surface area (Å²) in [6.07, 6.45) is 8.91. The molecule has 3 aliphatic rings. The molecule has 0 aromatic carbocycles. The van der Waals surface area contributed by atoms with Crippen molar-refractivity contribution in [3.8, 4) is 0 Å². The Balaban J connectivity index is 0.00000225. The predicted molar refractivity (Wildman–Crippen MR) is 121 cm³/mol. The third kappa shape index (κ3) is 5.17. The Hall–Kier alpha value is -0.900. The van der Waals surface area contributed by atoms with Crippen LogP contribution in [0.5, 0.6) is 0 Å². The van der Waals surface area contributed by atoms with Gasteiger partial charge in [0.15, 0.2) is 11.8 Å². The molecule has 2 aliphatic heterocycles. The largest absolute Gasteiger partial charge is 0.381 e. The molecule has 1 unspecified atom stereocenters. The van der Waals surface area contributed by atoms with Gasteiger partial charge in [-0.3, -0.25) is 0 Å². The summed E-state index contributed by atoms with van der Waals surface area (Å²) in [4.78, 5) is 7.46. The molecule has 28 heavy (non-hydrogen) atoms. The van der Waals surface area contributed by atoms with E-state index in [1.54, 1.807) is 0 Å². The summed E-state index contributed by atoms with van der Waals surface area (Å²) in [6.45, 7) is 6.68. The molecular formula is C20H35IN6O. The molecule has 1 atom stereocenters. The molecule has 0 spiro atoms. The molecule has 2 saturated heterocycles. The molecule has 3 heterocycles. The number of guanidine groups is 1. The van der Waals surface area contributed by atoms with Gasteiger partial charge in [-0.25, -0.2) is 4.99 Å². The zero-order valence-corrected chi connectivity index (χ0v) is 19.6. The van der Waals surface area contributed by atoms with Crippen molar-refractivity contribution in [3.05, 3.63) is 11.6 Å². The minimum absolute atomic E-state index is 0. The van der Waals surface area contributed by atoms with Crippen LogP contribution in [0.1, 0.15) is 56.6 Å². The van der Waals surface area contributed by atoms with Crippen LogP contribution in [0.4, 0.5) is 0 Å². The normalized spacial score (nSPS) is 24.6. The van der Waals surface area contributed by atoms with Crippen molar-refractivity contribution < 1.29 is 4.74 Å². The molecule has 3 fully saturated rings. The smallest absolute Gasteiger partial charge is 0.194 e. The monoisotopic (exact) mass is 502 g/mol. The molecule has 0 radical (unpaired) electrons. The van der Waals surface area contributed by atoms with Crippen LogP contribution in [0, 0.1) is 18.8 Å². The van der Waals surface area contributed by atoms with E-state index in [4.69, 9.17) is 9.73 Å². The highest BCUT2D eigenvalue weighted by molar-refractivity contribution is 14.0.